The van der Waals surface area contributed by atoms with E-state index in [2.05, 4.69) is 10.3 Å². The Labute approximate surface area is 162 Å². The second kappa shape index (κ2) is 7.96. The van der Waals surface area contributed by atoms with E-state index in [-0.39, 0.29) is 17.7 Å². The molecule has 1 aromatic carbocycles. The third kappa shape index (κ3) is 3.32. The van der Waals surface area contributed by atoms with Gasteiger partial charge < -0.3 is 15.8 Å². The molecule has 1 aliphatic rings. The van der Waals surface area contributed by atoms with Gasteiger partial charge in [0, 0.05) is 28.2 Å². The third-order valence-corrected chi connectivity index (χ3v) is 5.00. The molecule has 0 saturated heterocycles. The molecular formula is C21H23F2N3O2. The van der Waals surface area contributed by atoms with Gasteiger partial charge in [-0.2, -0.15) is 0 Å². The summed E-state index contributed by atoms with van der Waals surface area (Å²) >= 11 is 0. The van der Waals surface area contributed by atoms with E-state index in [1.165, 1.54) is 6.07 Å². The van der Waals surface area contributed by atoms with E-state index in [1.807, 2.05) is 13.8 Å². The van der Waals surface area contributed by atoms with Crippen LogP contribution in [0.2, 0.25) is 0 Å². The number of carbonyl (C=O) groups excluding carboxylic acids is 1. The molecule has 3 rings (SSSR count). The van der Waals surface area contributed by atoms with E-state index in [0.717, 1.165) is 11.3 Å². The van der Waals surface area contributed by atoms with Crippen LogP contribution in [0.1, 0.15) is 42.1 Å². The fourth-order valence-corrected chi connectivity index (χ4v) is 3.60. The first-order chi connectivity index (χ1) is 13.4. The first kappa shape index (κ1) is 19.8. The van der Waals surface area contributed by atoms with Crippen molar-refractivity contribution in [3.05, 3.63) is 63.7 Å². The van der Waals surface area contributed by atoms with Gasteiger partial charge in [0.2, 0.25) is 0 Å². The highest BCUT2D eigenvalue weighted by Gasteiger charge is 2.37. The summed E-state index contributed by atoms with van der Waals surface area (Å²) in [5, 5.41) is 3.10. The molecule has 0 fully saturated rings. The monoisotopic (exact) mass is 387 g/mol. The molecule has 0 saturated carbocycles. The molecule has 148 valence electrons. The lowest BCUT2D eigenvalue weighted by molar-refractivity contribution is -0.139. The Morgan fingerprint density at radius 2 is 2.04 bits per heavy atom. The number of halogens is 2. The van der Waals surface area contributed by atoms with Crippen molar-refractivity contribution in [2.24, 2.45) is 0 Å². The highest BCUT2D eigenvalue weighted by molar-refractivity contribution is 5.95. The zero-order valence-electron chi connectivity index (χ0n) is 16.1. The number of nitrogens with two attached hydrogens (primary N) is 1. The summed E-state index contributed by atoms with van der Waals surface area (Å²) in [6.07, 6.45) is 0.684. The Bertz CT molecular complexity index is 957. The molecular weight excluding hydrogens is 364 g/mol. The fourth-order valence-electron chi connectivity index (χ4n) is 3.60. The highest BCUT2D eigenvalue weighted by Crippen LogP contribution is 2.46. The number of allylic oxidation sites excluding steroid dienone is 1. The average Bonchev–Trinajstić information content (AvgIpc) is 2.68. The zero-order valence-corrected chi connectivity index (χ0v) is 16.1. The molecule has 1 atom stereocenters. The predicted molar refractivity (Wildman–Crippen MR) is 104 cm³/mol. The van der Waals surface area contributed by atoms with Gasteiger partial charge in [0.05, 0.1) is 11.5 Å². The second-order valence-corrected chi connectivity index (χ2v) is 6.66. The van der Waals surface area contributed by atoms with Crippen molar-refractivity contribution in [2.45, 2.75) is 33.1 Å². The van der Waals surface area contributed by atoms with Gasteiger partial charge in [0.15, 0.2) is 0 Å². The SMILES string of the molecule is CCc1nc2c(c(N)c1C)C(c1ccccc1F)C(C(=O)OCCF)=C(C)N2. The highest BCUT2D eigenvalue weighted by atomic mass is 19.1. The molecule has 2 aromatic rings. The molecule has 0 aliphatic carbocycles. The summed E-state index contributed by atoms with van der Waals surface area (Å²) in [6.45, 7) is 4.35. The minimum Gasteiger partial charge on any atom is -0.459 e. The zero-order chi connectivity index (χ0) is 20.4. The summed E-state index contributed by atoms with van der Waals surface area (Å²) in [5.74, 6) is -1.49. The number of fused-ring (bicyclic) bond motifs is 1. The summed E-state index contributed by atoms with van der Waals surface area (Å²) in [4.78, 5) is 17.4. The normalized spacial score (nSPS) is 15.8. The second-order valence-electron chi connectivity index (χ2n) is 6.66. The number of esters is 1. The van der Waals surface area contributed by atoms with Crippen molar-refractivity contribution in [1.29, 1.82) is 0 Å². The Morgan fingerprint density at radius 3 is 2.68 bits per heavy atom. The molecule has 3 N–H and O–H groups in total. The first-order valence-corrected chi connectivity index (χ1v) is 9.14. The summed E-state index contributed by atoms with van der Waals surface area (Å²) in [7, 11) is 0. The number of nitrogens with zero attached hydrogens (tertiary/aromatic N) is 1. The number of rotatable bonds is 5. The van der Waals surface area contributed by atoms with Gasteiger partial charge in [-0.15, -0.1) is 0 Å². The van der Waals surface area contributed by atoms with E-state index in [0.29, 0.717) is 29.2 Å². The van der Waals surface area contributed by atoms with E-state index in [1.54, 1.807) is 25.1 Å². The average molecular weight is 387 g/mol. The minimum atomic E-state index is -0.804. The number of nitrogens with one attached hydrogen (secondary N) is 1. The molecule has 7 heteroatoms. The number of aryl methyl sites for hydroxylation is 1. The van der Waals surface area contributed by atoms with Crippen molar-refractivity contribution in [2.75, 3.05) is 24.3 Å². The predicted octanol–water partition coefficient (Wildman–Crippen LogP) is 4.02. The van der Waals surface area contributed by atoms with Crippen LogP contribution in [0.3, 0.4) is 0 Å². The molecule has 0 radical (unpaired) electrons. The van der Waals surface area contributed by atoms with Gasteiger partial charge in [0.25, 0.3) is 0 Å². The van der Waals surface area contributed by atoms with Crippen LogP contribution in [-0.4, -0.2) is 24.2 Å². The van der Waals surface area contributed by atoms with E-state index >= 15 is 0 Å². The van der Waals surface area contributed by atoms with Crippen LogP contribution in [0.25, 0.3) is 0 Å². The van der Waals surface area contributed by atoms with Crippen LogP contribution in [0.5, 0.6) is 0 Å². The Kier molecular flexibility index (Phi) is 5.63. The van der Waals surface area contributed by atoms with Gasteiger partial charge >= 0.3 is 5.97 Å². The summed E-state index contributed by atoms with van der Waals surface area (Å²) in [5.41, 5.74) is 9.98. The molecule has 1 aromatic heterocycles. The van der Waals surface area contributed by atoms with Gasteiger partial charge in [-0.05, 0) is 31.9 Å². The number of hydrogen-bond donors (Lipinski definition) is 2. The van der Waals surface area contributed by atoms with Crippen molar-refractivity contribution >= 4 is 17.5 Å². The lowest BCUT2D eigenvalue weighted by Crippen LogP contribution is -2.27. The number of benzene rings is 1. The van der Waals surface area contributed by atoms with Crippen molar-refractivity contribution in [1.82, 2.24) is 4.98 Å². The molecule has 28 heavy (non-hydrogen) atoms. The van der Waals surface area contributed by atoms with Crippen LogP contribution in [0, 0.1) is 12.7 Å². The number of anilines is 2. The minimum absolute atomic E-state index is 0.197. The number of nitrogen functional groups attached to an aromatic ring is 1. The van der Waals surface area contributed by atoms with Gasteiger partial charge in [0.1, 0.15) is 24.9 Å². The number of hydrogen-bond acceptors (Lipinski definition) is 5. The molecule has 0 amide bonds. The van der Waals surface area contributed by atoms with Crippen molar-refractivity contribution in [3.63, 3.8) is 0 Å². The van der Waals surface area contributed by atoms with Crippen molar-refractivity contribution < 1.29 is 18.3 Å². The van der Waals surface area contributed by atoms with Crippen molar-refractivity contribution in [3.8, 4) is 0 Å². The maximum atomic E-state index is 14.7. The molecule has 1 aliphatic heterocycles. The fraction of sp³-hybridized carbons (Fsp3) is 0.333. The smallest absolute Gasteiger partial charge is 0.336 e. The van der Waals surface area contributed by atoms with Gasteiger partial charge in [-0.1, -0.05) is 25.1 Å². The van der Waals surface area contributed by atoms with E-state index in [4.69, 9.17) is 10.5 Å². The van der Waals surface area contributed by atoms with Gasteiger partial charge in [-0.25, -0.2) is 18.6 Å². The largest absolute Gasteiger partial charge is 0.459 e. The van der Waals surface area contributed by atoms with Crippen LogP contribution in [0.15, 0.2) is 35.5 Å². The van der Waals surface area contributed by atoms with Crippen LogP contribution >= 0.6 is 0 Å². The Balaban J connectivity index is 2.27. The molecule has 0 spiro atoms. The number of ether oxygens (including phenoxy) is 1. The number of alkyl halides is 1. The Hall–Kier alpha value is -2.96. The van der Waals surface area contributed by atoms with Crippen LogP contribution in [-0.2, 0) is 16.0 Å². The summed E-state index contributed by atoms with van der Waals surface area (Å²) in [6, 6.07) is 6.20. The standard InChI is InChI=1S/C21H23F2N3O2/c1-4-15-11(2)19(24)18-17(13-7-5-6-8-14(13)23)16(21(27)28-10-9-22)12(3)25-20(18)26-15/h5-8,17H,4,9-10H2,1-3H3,(H3,24,25,26). The number of carbonyl (C=O) groups is 1. The molecule has 5 nitrogen and oxygen atoms in total. The Morgan fingerprint density at radius 1 is 1.32 bits per heavy atom. The van der Waals surface area contributed by atoms with E-state index < -0.39 is 24.4 Å². The molecule has 0 bridgehead atoms. The lowest BCUT2D eigenvalue weighted by atomic mass is 9.80. The van der Waals surface area contributed by atoms with Gasteiger partial charge in [-0.3, -0.25) is 0 Å². The lowest BCUT2D eigenvalue weighted by Gasteiger charge is -2.31. The first-order valence-electron chi connectivity index (χ1n) is 9.14. The molecule has 1 unspecified atom stereocenters. The van der Waals surface area contributed by atoms with Crippen LogP contribution < -0.4 is 11.1 Å². The maximum Gasteiger partial charge on any atom is 0.336 e. The molecule has 2 heterocycles. The third-order valence-electron chi connectivity index (χ3n) is 5.00. The number of pyridine rings is 1. The maximum absolute atomic E-state index is 14.7. The van der Waals surface area contributed by atoms with E-state index in [9.17, 15) is 13.6 Å². The summed E-state index contributed by atoms with van der Waals surface area (Å²) < 4.78 is 32.3. The quantitative estimate of drug-likeness (QED) is 0.758. The topological polar surface area (TPSA) is 77.2 Å². The number of aromatic nitrogens is 1. The van der Waals surface area contributed by atoms with Crippen LogP contribution in [0.4, 0.5) is 20.3 Å².